The van der Waals surface area contributed by atoms with Crippen molar-refractivity contribution in [2.24, 2.45) is 0 Å². The molecule has 0 aliphatic heterocycles. The van der Waals surface area contributed by atoms with E-state index in [1.807, 2.05) is 29.0 Å². The maximum absolute atomic E-state index is 12.1. The van der Waals surface area contributed by atoms with Gasteiger partial charge in [-0.2, -0.15) is 0 Å². The van der Waals surface area contributed by atoms with E-state index in [2.05, 4.69) is 27.8 Å². The van der Waals surface area contributed by atoms with Crippen molar-refractivity contribution in [3.8, 4) is 0 Å². The summed E-state index contributed by atoms with van der Waals surface area (Å²) in [6, 6.07) is 9.73. The van der Waals surface area contributed by atoms with Gasteiger partial charge in [0, 0.05) is 18.9 Å². The number of carbonyl (C=O) groups excluding carboxylic acids is 1. The molecule has 6 heteroatoms. The third kappa shape index (κ3) is 4.35. The van der Waals surface area contributed by atoms with E-state index in [-0.39, 0.29) is 12.1 Å². The van der Waals surface area contributed by atoms with Crippen LogP contribution in [0.2, 0.25) is 0 Å². The van der Waals surface area contributed by atoms with E-state index in [4.69, 9.17) is 0 Å². The second-order valence-corrected chi connectivity index (χ2v) is 6.24. The Hall–Kier alpha value is -2.34. The highest BCUT2D eigenvalue weighted by atomic mass is 16.3. The molecule has 1 aromatic carbocycles. The molecule has 2 atom stereocenters. The number of imidazole rings is 1. The Kier molecular flexibility index (Phi) is 5.48. The molecule has 1 heterocycles. The summed E-state index contributed by atoms with van der Waals surface area (Å²) in [5, 5.41) is 15.6. The molecule has 0 spiro atoms. The number of hydrogen-bond acceptors (Lipinski definition) is 3. The van der Waals surface area contributed by atoms with Crippen molar-refractivity contribution in [3.05, 3.63) is 54.1 Å². The summed E-state index contributed by atoms with van der Waals surface area (Å²) in [7, 11) is 0. The van der Waals surface area contributed by atoms with Crippen molar-refractivity contribution < 1.29 is 9.90 Å². The molecule has 1 aromatic heterocycles. The average Bonchev–Trinajstić information content (AvgIpc) is 3.03. The number of aliphatic hydroxyl groups is 1. The minimum atomic E-state index is -0.440. The fraction of sp³-hybridized carbons (Fsp3) is 0.444. The molecule has 1 saturated carbocycles. The van der Waals surface area contributed by atoms with Gasteiger partial charge in [0.2, 0.25) is 0 Å². The fourth-order valence-electron chi connectivity index (χ4n) is 3.09. The Morgan fingerprint density at radius 3 is 2.83 bits per heavy atom. The second kappa shape index (κ2) is 7.97. The molecule has 128 valence electrons. The minimum absolute atomic E-state index is 0.150. The molecule has 0 saturated heterocycles. The van der Waals surface area contributed by atoms with Gasteiger partial charge in [-0.15, -0.1) is 0 Å². The van der Waals surface area contributed by atoms with Crippen LogP contribution in [-0.4, -0.2) is 32.8 Å². The molecule has 3 rings (SSSR count). The molecule has 6 nitrogen and oxygen atoms in total. The van der Waals surface area contributed by atoms with Gasteiger partial charge in [-0.05, 0) is 18.4 Å². The molecule has 2 aromatic rings. The zero-order chi connectivity index (χ0) is 16.8. The summed E-state index contributed by atoms with van der Waals surface area (Å²) in [6.07, 6.45) is 6.87. The van der Waals surface area contributed by atoms with E-state index in [1.54, 1.807) is 6.20 Å². The Labute approximate surface area is 141 Å². The van der Waals surface area contributed by atoms with Crippen LogP contribution in [0.1, 0.15) is 37.1 Å². The Morgan fingerprint density at radius 2 is 2.04 bits per heavy atom. The number of amides is 2. The van der Waals surface area contributed by atoms with Crippen molar-refractivity contribution in [3.63, 3.8) is 0 Å². The lowest BCUT2D eigenvalue weighted by atomic mass is 9.93. The molecular weight excluding hydrogens is 304 g/mol. The standard InChI is InChI=1S/C18H24N4O2/c23-16-9-5-4-8-15(16)21-18(24)20-12-17-19-10-11-22(17)13-14-6-2-1-3-7-14/h1-3,6-7,10-11,15-16,23H,4-5,8-9,12-13H2,(H2,20,21,24)/t15-,16+/m0/s1. The highest BCUT2D eigenvalue weighted by Gasteiger charge is 2.24. The van der Waals surface area contributed by atoms with E-state index in [1.165, 1.54) is 5.56 Å². The maximum Gasteiger partial charge on any atom is 0.315 e. The number of benzene rings is 1. The van der Waals surface area contributed by atoms with Gasteiger partial charge in [0.05, 0.1) is 18.7 Å². The first-order valence-electron chi connectivity index (χ1n) is 8.49. The average molecular weight is 328 g/mol. The quantitative estimate of drug-likeness (QED) is 0.786. The van der Waals surface area contributed by atoms with E-state index >= 15 is 0 Å². The molecule has 0 radical (unpaired) electrons. The number of carbonyl (C=O) groups is 1. The lowest BCUT2D eigenvalue weighted by Gasteiger charge is -2.28. The van der Waals surface area contributed by atoms with Gasteiger partial charge in [0.15, 0.2) is 0 Å². The predicted octanol–water partition coefficient (Wildman–Crippen LogP) is 2.03. The summed E-state index contributed by atoms with van der Waals surface area (Å²) in [6.45, 7) is 1.08. The molecule has 0 unspecified atom stereocenters. The number of aromatic nitrogens is 2. The Morgan fingerprint density at radius 1 is 1.25 bits per heavy atom. The number of rotatable bonds is 5. The summed E-state index contributed by atoms with van der Waals surface area (Å²) < 4.78 is 2.02. The van der Waals surface area contributed by atoms with Crippen LogP contribution in [0.5, 0.6) is 0 Å². The van der Waals surface area contributed by atoms with Crippen molar-refractivity contribution in [2.45, 2.75) is 50.9 Å². The number of nitrogens with zero attached hydrogens (tertiary/aromatic N) is 2. The fourth-order valence-corrected chi connectivity index (χ4v) is 3.09. The van der Waals surface area contributed by atoms with Crippen LogP contribution in [0.25, 0.3) is 0 Å². The third-order valence-corrected chi connectivity index (χ3v) is 4.45. The van der Waals surface area contributed by atoms with E-state index in [0.717, 1.165) is 38.1 Å². The molecular formula is C18H24N4O2. The predicted molar refractivity (Wildman–Crippen MR) is 91.4 cm³/mol. The van der Waals surface area contributed by atoms with E-state index < -0.39 is 6.10 Å². The van der Waals surface area contributed by atoms with Gasteiger partial charge in [-0.1, -0.05) is 43.2 Å². The van der Waals surface area contributed by atoms with Crippen LogP contribution >= 0.6 is 0 Å². The smallest absolute Gasteiger partial charge is 0.315 e. The summed E-state index contributed by atoms with van der Waals surface area (Å²) in [5.41, 5.74) is 1.19. The van der Waals surface area contributed by atoms with Crippen LogP contribution in [0, 0.1) is 0 Å². The SMILES string of the molecule is O=C(NCc1nccn1Cc1ccccc1)N[C@H]1CCCC[C@H]1O. The lowest BCUT2D eigenvalue weighted by molar-refractivity contribution is 0.0943. The topological polar surface area (TPSA) is 79.2 Å². The van der Waals surface area contributed by atoms with E-state index in [9.17, 15) is 9.90 Å². The van der Waals surface area contributed by atoms with Crippen LogP contribution in [-0.2, 0) is 13.1 Å². The van der Waals surface area contributed by atoms with Gasteiger partial charge in [0.25, 0.3) is 0 Å². The Balaban J connectivity index is 1.51. The summed E-state index contributed by atoms with van der Waals surface area (Å²) in [4.78, 5) is 16.4. The monoisotopic (exact) mass is 328 g/mol. The molecule has 3 N–H and O–H groups in total. The summed E-state index contributed by atoms with van der Waals surface area (Å²) >= 11 is 0. The van der Waals surface area contributed by atoms with Crippen LogP contribution in [0.4, 0.5) is 4.79 Å². The Bertz CT molecular complexity index is 656. The van der Waals surface area contributed by atoms with Gasteiger partial charge < -0.3 is 20.3 Å². The zero-order valence-electron chi connectivity index (χ0n) is 13.7. The maximum atomic E-state index is 12.1. The first-order valence-corrected chi connectivity index (χ1v) is 8.49. The molecule has 1 aliphatic rings. The molecule has 2 amide bonds. The lowest BCUT2D eigenvalue weighted by Crippen LogP contribution is -2.48. The van der Waals surface area contributed by atoms with Gasteiger partial charge in [0.1, 0.15) is 5.82 Å². The van der Waals surface area contributed by atoms with Gasteiger partial charge in [-0.25, -0.2) is 9.78 Å². The zero-order valence-corrected chi connectivity index (χ0v) is 13.7. The van der Waals surface area contributed by atoms with Crippen LogP contribution < -0.4 is 10.6 Å². The minimum Gasteiger partial charge on any atom is -0.391 e. The van der Waals surface area contributed by atoms with Crippen molar-refractivity contribution in [2.75, 3.05) is 0 Å². The van der Waals surface area contributed by atoms with E-state index in [0.29, 0.717) is 6.54 Å². The van der Waals surface area contributed by atoms with Crippen molar-refractivity contribution >= 4 is 6.03 Å². The number of aliphatic hydroxyl groups excluding tert-OH is 1. The number of nitrogens with one attached hydrogen (secondary N) is 2. The third-order valence-electron chi connectivity index (χ3n) is 4.45. The van der Waals surface area contributed by atoms with Crippen LogP contribution in [0.3, 0.4) is 0 Å². The molecule has 0 bridgehead atoms. The molecule has 1 aliphatic carbocycles. The van der Waals surface area contributed by atoms with Gasteiger partial charge in [-0.3, -0.25) is 0 Å². The highest BCUT2D eigenvalue weighted by molar-refractivity contribution is 5.74. The first kappa shape index (κ1) is 16.5. The normalized spacial score (nSPS) is 20.5. The largest absolute Gasteiger partial charge is 0.391 e. The van der Waals surface area contributed by atoms with Crippen LogP contribution in [0.15, 0.2) is 42.7 Å². The van der Waals surface area contributed by atoms with Crippen molar-refractivity contribution in [1.82, 2.24) is 20.2 Å². The van der Waals surface area contributed by atoms with Gasteiger partial charge >= 0.3 is 6.03 Å². The number of hydrogen-bond donors (Lipinski definition) is 3. The second-order valence-electron chi connectivity index (χ2n) is 6.24. The highest BCUT2D eigenvalue weighted by Crippen LogP contribution is 2.18. The number of urea groups is 1. The summed E-state index contributed by atoms with van der Waals surface area (Å²) in [5.74, 6) is 0.804. The first-order chi connectivity index (χ1) is 11.7. The molecule has 24 heavy (non-hydrogen) atoms. The van der Waals surface area contributed by atoms with Crippen molar-refractivity contribution in [1.29, 1.82) is 0 Å². The molecule has 1 fully saturated rings.